The molecule has 0 spiro atoms. The lowest BCUT2D eigenvalue weighted by atomic mass is 10.1. The van der Waals surface area contributed by atoms with Gasteiger partial charge in [0.1, 0.15) is 17.7 Å². The number of amides is 2. The number of allylic oxidation sites excluding steroid dienone is 1. The highest BCUT2D eigenvalue weighted by Crippen LogP contribution is 2.32. The van der Waals surface area contributed by atoms with Crippen LogP contribution >= 0.6 is 22.9 Å². The van der Waals surface area contributed by atoms with E-state index in [1.165, 1.54) is 45.7 Å². The second-order valence-corrected chi connectivity index (χ2v) is 12.5. The van der Waals surface area contributed by atoms with Crippen LogP contribution in [0, 0.1) is 5.82 Å². The Bertz CT molecular complexity index is 1560. The van der Waals surface area contributed by atoms with E-state index < -0.39 is 27.8 Å². The number of nitrogens with two attached hydrogens (primary N) is 1. The molecule has 1 atom stereocenters. The number of sulfonamides is 1. The van der Waals surface area contributed by atoms with E-state index in [0.29, 0.717) is 14.8 Å². The molecule has 1 aliphatic rings. The van der Waals surface area contributed by atoms with Crippen molar-refractivity contribution < 1.29 is 22.4 Å². The number of hydrogen-bond donors (Lipinski definition) is 1. The molecule has 1 fully saturated rings. The van der Waals surface area contributed by atoms with E-state index in [1.807, 2.05) is 0 Å². The average Bonchev–Trinajstić information content (AvgIpc) is 3.48. The third kappa shape index (κ3) is 6.11. The second-order valence-electron chi connectivity index (χ2n) is 9.04. The molecule has 10 nitrogen and oxygen atoms in total. The Kier molecular flexibility index (Phi) is 8.35. The first-order chi connectivity index (χ1) is 18.4. The van der Waals surface area contributed by atoms with Crippen molar-refractivity contribution in [2.75, 3.05) is 31.3 Å². The molecule has 0 bridgehead atoms. The van der Waals surface area contributed by atoms with Gasteiger partial charge in [0.15, 0.2) is 0 Å². The normalized spacial score (nSPS) is 16.3. The van der Waals surface area contributed by atoms with Crippen molar-refractivity contribution >= 4 is 61.9 Å². The van der Waals surface area contributed by atoms with Gasteiger partial charge in [0.05, 0.1) is 27.7 Å². The van der Waals surface area contributed by atoms with Crippen LogP contribution in [0.1, 0.15) is 34.3 Å². The van der Waals surface area contributed by atoms with Gasteiger partial charge in [-0.1, -0.05) is 11.6 Å². The van der Waals surface area contributed by atoms with Gasteiger partial charge in [-0.15, -0.1) is 11.3 Å². The molecule has 3 heterocycles. The van der Waals surface area contributed by atoms with E-state index in [0.717, 1.165) is 15.8 Å². The molecule has 0 aliphatic carbocycles. The third-order valence-electron chi connectivity index (χ3n) is 6.14. The van der Waals surface area contributed by atoms with Gasteiger partial charge in [0.25, 0.3) is 5.91 Å². The third-order valence-corrected chi connectivity index (χ3v) is 9.20. The number of thiophene rings is 1. The van der Waals surface area contributed by atoms with E-state index >= 15 is 4.39 Å². The molecule has 2 amide bonds. The zero-order valence-corrected chi connectivity index (χ0v) is 23.7. The number of nitrogens with zero attached hydrogens (tertiary/aromatic N) is 5. The number of rotatable bonds is 8. The molecule has 2 aromatic heterocycles. The van der Waals surface area contributed by atoms with Gasteiger partial charge in [-0.3, -0.25) is 14.6 Å². The van der Waals surface area contributed by atoms with Crippen molar-refractivity contribution in [3.63, 3.8) is 0 Å². The van der Waals surface area contributed by atoms with Gasteiger partial charge in [0.2, 0.25) is 15.9 Å². The highest BCUT2D eigenvalue weighted by atomic mass is 35.5. The first-order valence-electron chi connectivity index (χ1n) is 11.7. The first kappa shape index (κ1) is 28.6. The molecule has 0 saturated carbocycles. The zero-order chi connectivity index (χ0) is 28.5. The van der Waals surface area contributed by atoms with Gasteiger partial charge in [-0.2, -0.15) is 4.31 Å². The molecule has 3 aromatic rings. The predicted molar refractivity (Wildman–Crippen MR) is 149 cm³/mol. The number of nitrogen functional groups attached to an aromatic ring is 1. The minimum absolute atomic E-state index is 0.0259. The molecule has 39 heavy (non-hydrogen) atoms. The summed E-state index contributed by atoms with van der Waals surface area (Å²) in [4.78, 5) is 37.1. The van der Waals surface area contributed by atoms with Gasteiger partial charge in [-0.05, 0) is 49.2 Å². The SMILES string of the molecule is C/C(=C\S(=O)(=O)N(Cc1nccnc1N)C1CCN(c2ccc(C(=O)N(C)C)cc2F)C1=O)c1ccc(Cl)s1. The fraction of sp³-hybridized carbons (Fsp3) is 0.280. The van der Waals surface area contributed by atoms with E-state index in [4.69, 9.17) is 17.3 Å². The van der Waals surface area contributed by atoms with Crippen molar-refractivity contribution in [1.82, 2.24) is 19.2 Å². The molecule has 206 valence electrons. The first-order valence-corrected chi connectivity index (χ1v) is 14.4. The highest BCUT2D eigenvalue weighted by molar-refractivity contribution is 7.92. The summed E-state index contributed by atoms with van der Waals surface area (Å²) in [5, 5.41) is 1.07. The topological polar surface area (TPSA) is 130 Å². The zero-order valence-electron chi connectivity index (χ0n) is 21.3. The Morgan fingerprint density at radius 2 is 1.97 bits per heavy atom. The van der Waals surface area contributed by atoms with Crippen LogP contribution in [0.25, 0.3) is 5.57 Å². The molecule has 14 heteroatoms. The van der Waals surface area contributed by atoms with Crippen molar-refractivity contribution in [1.29, 1.82) is 0 Å². The summed E-state index contributed by atoms with van der Waals surface area (Å²) in [5.41, 5.74) is 6.62. The second kappa shape index (κ2) is 11.4. The molecule has 1 aliphatic heterocycles. The summed E-state index contributed by atoms with van der Waals surface area (Å²) in [5.74, 6) is -1.75. The molecule has 2 N–H and O–H groups in total. The van der Waals surface area contributed by atoms with Crippen LogP contribution in [0.15, 0.2) is 48.1 Å². The van der Waals surface area contributed by atoms with Gasteiger partial charge < -0.3 is 15.5 Å². The van der Waals surface area contributed by atoms with Crippen LogP contribution < -0.4 is 10.6 Å². The Hall–Kier alpha value is -3.39. The molecule has 1 aromatic carbocycles. The van der Waals surface area contributed by atoms with Crippen LogP contribution in [-0.2, 0) is 21.4 Å². The lowest BCUT2D eigenvalue weighted by Crippen LogP contribution is -2.44. The quantitative estimate of drug-likeness (QED) is 0.423. The minimum atomic E-state index is -4.21. The number of carbonyl (C=O) groups excluding carboxylic acids is 2. The van der Waals surface area contributed by atoms with E-state index in [-0.39, 0.29) is 48.2 Å². The van der Waals surface area contributed by atoms with Gasteiger partial charge in [-0.25, -0.2) is 17.8 Å². The lowest BCUT2D eigenvalue weighted by molar-refractivity contribution is -0.120. The number of benzene rings is 1. The highest BCUT2D eigenvalue weighted by Gasteiger charge is 2.42. The largest absolute Gasteiger partial charge is 0.382 e. The summed E-state index contributed by atoms with van der Waals surface area (Å²) in [7, 11) is -1.12. The minimum Gasteiger partial charge on any atom is -0.382 e. The monoisotopic (exact) mass is 592 g/mol. The summed E-state index contributed by atoms with van der Waals surface area (Å²) < 4.78 is 44.0. The van der Waals surface area contributed by atoms with Crippen molar-refractivity contribution in [3.8, 4) is 0 Å². The fourth-order valence-corrected chi connectivity index (χ4v) is 6.84. The average molecular weight is 593 g/mol. The Morgan fingerprint density at radius 3 is 2.59 bits per heavy atom. The molecular weight excluding hydrogens is 567 g/mol. The Balaban J connectivity index is 1.69. The van der Waals surface area contributed by atoms with Crippen molar-refractivity contribution in [2.24, 2.45) is 0 Å². The molecule has 0 radical (unpaired) electrons. The molecular formula is C25H26ClFN6O4S2. The summed E-state index contributed by atoms with van der Waals surface area (Å²) in [6.45, 7) is 1.37. The fourth-order valence-electron chi connectivity index (χ4n) is 4.19. The lowest BCUT2D eigenvalue weighted by Gasteiger charge is -2.26. The number of anilines is 2. The number of halogens is 2. The van der Waals surface area contributed by atoms with Crippen LogP contribution in [0.2, 0.25) is 4.34 Å². The standard InChI is InChI=1S/C25H26ClFN6O4S2/c1-15(21-6-7-22(26)38-21)14-39(36,37)33(13-18-23(28)30-10-9-29-18)20-8-11-32(25(20)35)19-5-4-16(12-17(19)27)24(34)31(2)3/h4-7,9-10,12,14,20H,8,11,13H2,1-3H3,(H2,28,30)/b15-14+. The maximum Gasteiger partial charge on any atom is 0.253 e. The number of hydrogen-bond acceptors (Lipinski definition) is 8. The van der Waals surface area contributed by atoms with Crippen LogP contribution in [-0.4, -0.2) is 66.1 Å². The van der Waals surface area contributed by atoms with E-state index in [2.05, 4.69) is 9.97 Å². The molecule has 4 rings (SSSR count). The summed E-state index contributed by atoms with van der Waals surface area (Å²) in [6, 6.07) is 6.04. The number of carbonyl (C=O) groups is 2. The molecule has 1 unspecified atom stereocenters. The maximum atomic E-state index is 15.1. The smallest absolute Gasteiger partial charge is 0.253 e. The van der Waals surface area contributed by atoms with Crippen LogP contribution in [0.5, 0.6) is 0 Å². The van der Waals surface area contributed by atoms with Crippen LogP contribution in [0.3, 0.4) is 0 Å². The summed E-state index contributed by atoms with van der Waals surface area (Å²) in [6.07, 6.45) is 2.84. The van der Waals surface area contributed by atoms with Crippen molar-refractivity contribution in [3.05, 3.63) is 74.4 Å². The van der Waals surface area contributed by atoms with Gasteiger partial charge >= 0.3 is 0 Å². The van der Waals surface area contributed by atoms with Crippen molar-refractivity contribution in [2.45, 2.75) is 25.9 Å². The molecule has 1 saturated heterocycles. The van der Waals surface area contributed by atoms with Gasteiger partial charge in [0, 0.05) is 43.5 Å². The predicted octanol–water partition coefficient (Wildman–Crippen LogP) is 3.61. The van der Waals surface area contributed by atoms with Crippen LogP contribution in [0.4, 0.5) is 15.9 Å². The van der Waals surface area contributed by atoms with E-state index in [9.17, 15) is 18.0 Å². The summed E-state index contributed by atoms with van der Waals surface area (Å²) >= 11 is 7.24. The van der Waals surface area contributed by atoms with E-state index in [1.54, 1.807) is 33.2 Å². The Morgan fingerprint density at radius 1 is 1.26 bits per heavy atom. The number of aromatic nitrogens is 2. The Labute approximate surface area is 234 Å². The maximum absolute atomic E-state index is 15.1.